The van der Waals surface area contributed by atoms with Gasteiger partial charge in [0.2, 0.25) is 0 Å². The molecule has 0 aliphatic rings. The predicted molar refractivity (Wildman–Crippen MR) is 62.1 cm³/mol. The minimum absolute atomic E-state index is 0.235. The van der Waals surface area contributed by atoms with Gasteiger partial charge in [0, 0.05) is 6.54 Å². The van der Waals surface area contributed by atoms with Crippen LogP contribution in [0, 0.1) is 0 Å². The minimum atomic E-state index is -0.983. The van der Waals surface area contributed by atoms with E-state index in [1.54, 1.807) is 6.08 Å². The van der Waals surface area contributed by atoms with Crippen molar-refractivity contribution in [1.82, 2.24) is 20.3 Å². The van der Waals surface area contributed by atoms with E-state index >= 15 is 0 Å². The Balaban J connectivity index is 2.48. The van der Waals surface area contributed by atoms with Gasteiger partial charge in [0.25, 0.3) is 0 Å². The molecule has 0 radical (unpaired) electrons. The van der Waals surface area contributed by atoms with E-state index < -0.39 is 5.97 Å². The Kier molecular flexibility index (Phi) is 4.40. The molecule has 0 spiro atoms. The summed E-state index contributed by atoms with van der Waals surface area (Å²) in [5, 5.41) is 21.8. The van der Waals surface area contributed by atoms with Crippen LogP contribution in [-0.4, -0.2) is 37.7 Å². The normalized spacial score (nSPS) is 9.50. The highest BCUT2D eigenvalue weighted by molar-refractivity contribution is 7.80. The molecule has 0 amide bonds. The molecule has 8 heteroatoms. The topological polar surface area (TPSA) is 92.1 Å². The predicted octanol–water partition coefficient (Wildman–Crippen LogP) is -0.165. The number of nitrogens with one attached hydrogen (secondary N) is 2. The van der Waals surface area contributed by atoms with Gasteiger partial charge in [-0.3, -0.25) is 4.79 Å². The maximum Gasteiger partial charge on any atom is 0.325 e. The number of carboxylic acid groups (broad SMARTS) is 1. The van der Waals surface area contributed by atoms with Crippen molar-refractivity contribution in [1.29, 1.82) is 0 Å². The highest BCUT2D eigenvalue weighted by Crippen LogP contribution is 1.99. The molecule has 0 saturated heterocycles. The average molecular weight is 241 g/mol. The van der Waals surface area contributed by atoms with Crippen molar-refractivity contribution in [2.24, 2.45) is 0 Å². The van der Waals surface area contributed by atoms with Crippen LogP contribution in [0.15, 0.2) is 18.9 Å². The van der Waals surface area contributed by atoms with E-state index in [1.165, 1.54) is 10.9 Å². The van der Waals surface area contributed by atoms with Crippen molar-refractivity contribution < 1.29 is 9.90 Å². The third-order valence-corrected chi connectivity index (χ3v) is 1.73. The lowest BCUT2D eigenvalue weighted by Crippen LogP contribution is -2.28. The van der Waals surface area contributed by atoms with Crippen LogP contribution in [0.5, 0.6) is 0 Å². The van der Waals surface area contributed by atoms with Crippen LogP contribution in [0.25, 0.3) is 0 Å². The molecule has 16 heavy (non-hydrogen) atoms. The van der Waals surface area contributed by atoms with Gasteiger partial charge in [0.05, 0.1) is 6.20 Å². The maximum atomic E-state index is 10.4. The number of hydrogen-bond acceptors (Lipinski definition) is 4. The molecule has 1 heterocycles. The lowest BCUT2D eigenvalue weighted by Gasteiger charge is -2.04. The lowest BCUT2D eigenvalue weighted by atomic mass is 10.6. The van der Waals surface area contributed by atoms with E-state index in [-0.39, 0.29) is 6.54 Å². The summed E-state index contributed by atoms with van der Waals surface area (Å²) in [6.45, 7) is 3.83. The fourth-order valence-electron chi connectivity index (χ4n) is 0.897. The fraction of sp³-hybridized carbons (Fsp3) is 0.250. The van der Waals surface area contributed by atoms with Gasteiger partial charge < -0.3 is 15.7 Å². The molecule has 1 aromatic heterocycles. The van der Waals surface area contributed by atoms with Crippen LogP contribution >= 0.6 is 12.2 Å². The summed E-state index contributed by atoms with van der Waals surface area (Å²) < 4.78 is 1.20. The Morgan fingerprint density at radius 2 is 2.50 bits per heavy atom. The van der Waals surface area contributed by atoms with Gasteiger partial charge >= 0.3 is 5.97 Å². The van der Waals surface area contributed by atoms with Gasteiger partial charge in [-0.05, 0) is 12.2 Å². The number of thiocarbonyl (C=S) groups is 1. The number of rotatable bonds is 5. The maximum absolute atomic E-state index is 10.4. The second-order valence-corrected chi connectivity index (χ2v) is 3.23. The summed E-state index contributed by atoms with van der Waals surface area (Å²) in [5.74, 6) is -0.591. The van der Waals surface area contributed by atoms with Crippen molar-refractivity contribution in [3.8, 4) is 0 Å². The first-order chi connectivity index (χ1) is 7.61. The summed E-state index contributed by atoms with van der Waals surface area (Å²) in [5.41, 5.74) is 0. The quantitative estimate of drug-likeness (QED) is 0.487. The van der Waals surface area contributed by atoms with Crippen molar-refractivity contribution in [2.45, 2.75) is 6.54 Å². The zero-order valence-corrected chi connectivity index (χ0v) is 9.20. The molecule has 0 saturated carbocycles. The van der Waals surface area contributed by atoms with Crippen molar-refractivity contribution in [3.63, 3.8) is 0 Å². The second kappa shape index (κ2) is 5.81. The zero-order chi connectivity index (χ0) is 12.0. The van der Waals surface area contributed by atoms with Crippen LogP contribution in [0.1, 0.15) is 0 Å². The number of carbonyl (C=O) groups is 1. The van der Waals surface area contributed by atoms with Crippen LogP contribution < -0.4 is 10.6 Å². The molecule has 0 bridgehead atoms. The third-order valence-electron chi connectivity index (χ3n) is 1.48. The molecule has 0 fully saturated rings. The molecule has 1 aromatic rings. The number of anilines is 1. The molecule has 0 aliphatic heterocycles. The summed E-state index contributed by atoms with van der Waals surface area (Å²) >= 11 is 4.94. The third kappa shape index (κ3) is 4.05. The Hall–Kier alpha value is -1.96. The highest BCUT2D eigenvalue weighted by Gasteiger charge is 2.04. The molecule has 0 aliphatic carbocycles. The molecule has 3 N–H and O–H groups in total. The number of hydrogen-bond donors (Lipinski definition) is 3. The Morgan fingerprint density at radius 1 is 1.75 bits per heavy atom. The molecule has 0 unspecified atom stereocenters. The Labute approximate surface area is 97.1 Å². The standard InChI is InChI=1S/C8H11N5O2S/c1-2-3-9-8(16)10-6-4-13(12-11-6)5-7(14)15/h2,4H,1,3,5H2,(H,14,15)(H2,9,10,16). The second-order valence-electron chi connectivity index (χ2n) is 2.82. The first-order valence-corrected chi connectivity index (χ1v) is 4.80. The van der Waals surface area contributed by atoms with Gasteiger partial charge in [0.1, 0.15) is 6.54 Å². The summed E-state index contributed by atoms with van der Waals surface area (Å²) in [4.78, 5) is 10.4. The molecule has 0 atom stereocenters. The number of nitrogens with zero attached hydrogens (tertiary/aromatic N) is 3. The van der Waals surface area contributed by atoms with Crippen LogP contribution in [-0.2, 0) is 11.3 Å². The molecular weight excluding hydrogens is 230 g/mol. The number of carboxylic acids is 1. The number of aromatic nitrogens is 3. The summed E-state index contributed by atoms with van der Waals surface area (Å²) in [6, 6.07) is 0. The average Bonchev–Trinajstić information content (AvgIpc) is 2.61. The van der Waals surface area contributed by atoms with Crippen molar-refractivity contribution in [3.05, 3.63) is 18.9 Å². The van der Waals surface area contributed by atoms with Crippen LogP contribution in [0.4, 0.5) is 5.82 Å². The fourth-order valence-corrected chi connectivity index (χ4v) is 1.08. The molecule has 1 rings (SSSR count). The monoisotopic (exact) mass is 241 g/mol. The van der Waals surface area contributed by atoms with Crippen LogP contribution in [0.2, 0.25) is 0 Å². The first-order valence-electron chi connectivity index (χ1n) is 4.39. The van der Waals surface area contributed by atoms with Gasteiger partial charge in [-0.1, -0.05) is 11.3 Å². The van der Waals surface area contributed by atoms with E-state index in [9.17, 15) is 4.79 Å². The van der Waals surface area contributed by atoms with Gasteiger partial charge in [-0.2, -0.15) is 0 Å². The van der Waals surface area contributed by atoms with Crippen molar-refractivity contribution in [2.75, 3.05) is 11.9 Å². The van der Waals surface area contributed by atoms with Gasteiger partial charge in [-0.25, -0.2) is 4.68 Å². The van der Waals surface area contributed by atoms with Gasteiger partial charge in [-0.15, -0.1) is 11.7 Å². The Morgan fingerprint density at radius 3 is 3.12 bits per heavy atom. The van der Waals surface area contributed by atoms with E-state index in [0.29, 0.717) is 17.5 Å². The molecule has 7 nitrogen and oxygen atoms in total. The van der Waals surface area contributed by atoms with E-state index in [0.717, 1.165) is 0 Å². The summed E-state index contributed by atoms with van der Waals surface area (Å²) in [7, 11) is 0. The Bertz CT molecular complexity index is 403. The van der Waals surface area contributed by atoms with Gasteiger partial charge in [0.15, 0.2) is 10.9 Å². The minimum Gasteiger partial charge on any atom is -0.480 e. The SMILES string of the molecule is C=CCNC(=S)Nc1cn(CC(=O)O)nn1. The zero-order valence-electron chi connectivity index (χ0n) is 8.38. The first kappa shape index (κ1) is 12.1. The molecule has 86 valence electrons. The van der Waals surface area contributed by atoms with E-state index in [2.05, 4.69) is 27.5 Å². The van der Waals surface area contributed by atoms with E-state index in [4.69, 9.17) is 17.3 Å². The molecule has 0 aromatic carbocycles. The molecular formula is C8H11N5O2S. The van der Waals surface area contributed by atoms with Crippen LogP contribution in [0.3, 0.4) is 0 Å². The largest absolute Gasteiger partial charge is 0.480 e. The highest BCUT2D eigenvalue weighted by atomic mass is 32.1. The lowest BCUT2D eigenvalue weighted by molar-refractivity contribution is -0.137. The van der Waals surface area contributed by atoms with Crippen molar-refractivity contribution >= 4 is 29.1 Å². The van der Waals surface area contributed by atoms with E-state index in [1.807, 2.05) is 0 Å². The number of aliphatic carboxylic acids is 1. The smallest absolute Gasteiger partial charge is 0.325 e. The summed E-state index contributed by atoms with van der Waals surface area (Å²) in [6.07, 6.45) is 3.12.